The lowest BCUT2D eigenvalue weighted by atomic mass is 10.1. The first kappa shape index (κ1) is 15.9. The van der Waals surface area contributed by atoms with Gasteiger partial charge in [0.1, 0.15) is 11.6 Å². The van der Waals surface area contributed by atoms with Crippen molar-refractivity contribution in [3.05, 3.63) is 58.1 Å². The summed E-state index contributed by atoms with van der Waals surface area (Å²) < 4.78 is 33.0. The van der Waals surface area contributed by atoms with Gasteiger partial charge in [-0.05, 0) is 65.3 Å². The van der Waals surface area contributed by atoms with Crippen molar-refractivity contribution in [2.75, 3.05) is 6.54 Å². The van der Waals surface area contributed by atoms with Gasteiger partial charge < -0.3 is 10.1 Å². The summed E-state index contributed by atoms with van der Waals surface area (Å²) in [6.45, 7) is 4.77. The Morgan fingerprint density at radius 2 is 1.86 bits per heavy atom. The summed E-state index contributed by atoms with van der Waals surface area (Å²) in [5.74, 6) is -0.365. The van der Waals surface area contributed by atoms with Crippen LogP contribution in [0.3, 0.4) is 0 Å². The third-order valence-corrected chi connectivity index (χ3v) is 3.70. The van der Waals surface area contributed by atoms with Crippen molar-refractivity contribution in [2.24, 2.45) is 0 Å². The standard InChI is InChI=1S/C16H16BrF2NO/c1-3-20-10(2)11-4-6-16(14(19)8-11)21-15-7-5-12(18)9-13(15)17/h4-10,20H,3H2,1-2H3. The monoisotopic (exact) mass is 355 g/mol. The van der Waals surface area contributed by atoms with Crippen molar-refractivity contribution in [3.8, 4) is 11.5 Å². The van der Waals surface area contributed by atoms with Gasteiger partial charge in [-0.1, -0.05) is 13.0 Å². The third kappa shape index (κ3) is 4.02. The van der Waals surface area contributed by atoms with Crippen LogP contribution in [-0.4, -0.2) is 6.54 Å². The van der Waals surface area contributed by atoms with Gasteiger partial charge in [-0.2, -0.15) is 0 Å². The van der Waals surface area contributed by atoms with Crippen LogP contribution in [0.5, 0.6) is 11.5 Å². The first-order valence-electron chi connectivity index (χ1n) is 6.67. The molecule has 0 radical (unpaired) electrons. The Kier molecular flexibility index (Phi) is 5.31. The topological polar surface area (TPSA) is 21.3 Å². The Balaban J connectivity index is 2.21. The lowest BCUT2D eigenvalue weighted by Gasteiger charge is -2.14. The zero-order chi connectivity index (χ0) is 15.4. The Bertz CT molecular complexity index is 634. The fourth-order valence-electron chi connectivity index (χ4n) is 1.97. The normalized spacial score (nSPS) is 12.2. The molecule has 0 fully saturated rings. The maximum atomic E-state index is 14.1. The van der Waals surface area contributed by atoms with Gasteiger partial charge in [0, 0.05) is 6.04 Å². The average Bonchev–Trinajstić information content (AvgIpc) is 2.44. The highest BCUT2D eigenvalue weighted by Gasteiger charge is 2.11. The molecule has 0 aliphatic carbocycles. The molecule has 0 aromatic heterocycles. The molecule has 0 spiro atoms. The van der Waals surface area contributed by atoms with Crippen LogP contribution < -0.4 is 10.1 Å². The van der Waals surface area contributed by atoms with E-state index < -0.39 is 5.82 Å². The quantitative estimate of drug-likeness (QED) is 0.796. The summed E-state index contributed by atoms with van der Waals surface area (Å²) in [7, 11) is 0. The van der Waals surface area contributed by atoms with Crippen LogP contribution >= 0.6 is 15.9 Å². The van der Waals surface area contributed by atoms with Gasteiger partial charge in [0.15, 0.2) is 11.6 Å². The molecule has 5 heteroatoms. The van der Waals surface area contributed by atoms with Gasteiger partial charge in [0.25, 0.3) is 0 Å². The van der Waals surface area contributed by atoms with Gasteiger partial charge in [-0.15, -0.1) is 0 Å². The molecule has 1 unspecified atom stereocenters. The molecule has 1 atom stereocenters. The third-order valence-electron chi connectivity index (χ3n) is 3.08. The lowest BCUT2D eigenvalue weighted by molar-refractivity contribution is 0.437. The first-order valence-corrected chi connectivity index (χ1v) is 7.46. The van der Waals surface area contributed by atoms with Crippen LogP contribution in [0.4, 0.5) is 8.78 Å². The molecule has 0 aliphatic rings. The number of halogens is 3. The van der Waals surface area contributed by atoms with Crippen LogP contribution in [-0.2, 0) is 0 Å². The maximum Gasteiger partial charge on any atom is 0.166 e. The van der Waals surface area contributed by atoms with E-state index >= 15 is 0 Å². The minimum Gasteiger partial charge on any atom is -0.453 e. The van der Waals surface area contributed by atoms with E-state index in [9.17, 15) is 8.78 Å². The van der Waals surface area contributed by atoms with Gasteiger partial charge >= 0.3 is 0 Å². The zero-order valence-electron chi connectivity index (χ0n) is 11.8. The number of hydrogen-bond acceptors (Lipinski definition) is 2. The number of hydrogen-bond donors (Lipinski definition) is 1. The second-order valence-electron chi connectivity index (χ2n) is 4.65. The molecule has 0 amide bonds. The van der Waals surface area contributed by atoms with Gasteiger partial charge in [-0.3, -0.25) is 0 Å². The summed E-state index contributed by atoms with van der Waals surface area (Å²) in [5.41, 5.74) is 0.847. The maximum absolute atomic E-state index is 14.1. The summed E-state index contributed by atoms with van der Waals surface area (Å²) in [6.07, 6.45) is 0. The van der Waals surface area contributed by atoms with Crippen molar-refractivity contribution < 1.29 is 13.5 Å². The van der Waals surface area contributed by atoms with Crippen molar-refractivity contribution in [1.29, 1.82) is 0 Å². The first-order chi connectivity index (χ1) is 10.0. The molecule has 0 saturated carbocycles. The molecule has 2 aromatic rings. The van der Waals surface area contributed by atoms with Crippen LogP contribution in [0, 0.1) is 11.6 Å². The predicted octanol–water partition coefficient (Wildman–Crippen LogP) is 5.19. The second-order valence-corrected chi connectivity index (χ2v) is 5.50. The molecular formula is C16H16BrF2NO. The average molecular weight is 356 g/mol. The molecule has 2 rings (SSSR count). The van der Waals surface area contributed by atoms with E-state index in [1.54, 1.807) is 6.07 Å². The van der Waals surface area contributed by atoms with Gasteiger partial charge in [-0.25, -0.2) is 8.78 Å². The number of ether oxygens (including phenoxy) is 1. The highest BCUT2D eigenvalue weighted by Crippen LogP contribution is 2.32. The Hall–Kier alpha value is -1.46. The molecule has 1 N–H and O–H groups in total. The Morgan fingerprint density at radius 1 is 1.14 bits per heavy atom. The molecule has 112 valence electrons. The molecule has 2 nitrogen and oxygen atoms in total. The molecule has 0 bridgehead atoms. The highest BCUT2D eigenvalue weighted by atomic mass is 79.9. The minimum absolute atomic E-state index is 0.0658. The lowest BCUT2D eigenvalue weighted by Crippen LogP contribution is -2.17. The van der Waals surface area contributed by atoms with E-state index in [1.807, 2.05) is 19.9 Å². The molecule has 2 aromatic carbocycles. The molecular weight excluding hydrogens is 340 g/mol. The van der Waals surface area contributed by atoms with E-state index in [-0.39, 0.29) is 17.6 Å². The van der Waals surface area contributed by atoms with Gasteiger partial charge in [0.2, 0.25) is 0 Å². The highest BCUT2D eigenvalue weighted by molar-refractivity contribution is 9.10. The molecule has 0 heterocycles. The van der Waals surface area contributed by atoms with E-state index in [1.165, 1.54) is 24.3 Å². The van der Waals surface area contributed by atoms with Crippen molar-refractivity contribution >= 4 is 15.9 Å². The van der Waals surface area contributed by atoms with Crippen molar-refractivity contribution in [1.82, 2.24) is 5.32 Å². The fraction of sp³-hybridized carbons (Fsp3) is 0.250. The zero-order valence-corrected chi connectivity index (χ0v) is 13.4. The van der Waals surface area contributed by atoms with Crippen LogP contribution in [0.25, 0.3) is 0 Å². The van der Waals surface area contributed by atoms with Crippen molar-refractivity contribution in [3.63, 3.8) is 0 Å². The van der Waals surface area contributed by atoms with E-state index in [4.69, 9.17) is 4.74 Å². The Morgan fingerprint density at radius 3 is 2.48 bits per heavy atom. The second kappa shape index (κ2) is 7.00. The number of benzene rings is 2. The molecule has 0 aliphatic heterocycles. The molecule has 21 heavy (non-hydrogen) atoms. The van der Waals surface area contributed by atoms with Crippen LogP contribution in [0.2, 0.25) is 0 Å². The minimum atomic E-state index is -0.450. The molecule has 0 saturated heterocycles. The van der Waals surface area contributed by atoms with E-state index in [0.29, 0.717) is 10.2 Å². The van der Waals surface area contributed by atoms with Crippen molar-refractivity contribution in [2.45, 2.75) is 19.9 Å². The number of nitrogens with one attached hydrogen (secondary N) is 1. The van der Waals surface area contributed by atoms with E-state index in [0.717, 1.165) is 12.1 Å². The predicted molar refractivity (Wildman–Crippen MR) is 82.7 cm³/mol. The SMILES string of the molecule is CCNC(C)c1ccc(Oc2ccc(F)cc2Br)c(F)c1. The summed E-state index contributed by atoms with van der Waals surface area (Å²) in [5, 5.41) is 3.22. The number of rotatable bonds is 5. The van der Waals surface area contributed by atoms with Crippen LogP contribution in [0.15, 0.2) is 40.9 Å². The fourth-order valence-corrected chi connectivity index (χ4v) is 2.40. The van der Waals surface area contributed by atoms with Gasteiger partial charge in [0.05, 0.1) is 4.47 Å². The summed E-state index contributed by atoms with van der Waals surface area (Å²) >= 11 is 3.19. The van der Waals surface area contributed by atoms with Crippen LogP contribution in [0.1, 0.15) is 25.5 Å². The largest absolute Gasteiger partial charge is 0.453 e. The summed E-state index contributed by atoms with van der Waals surface area (Å²) in [6, 6.07) is 8.89. The van der Waals surface area contributed by atoms with E-state index in [2.05, 4.69) is 21.2 Å². The summed E-state index contributed by atoms with van der Waals surface area (Å²) in [4.78, 5) is 0. The smallest absolute Gasteiger partial charge is 0.166 e. The Labute approximate surface area is 131 Å².